The van der Waals surface area contributed by atoms with E-state index < -0.39 is 0 Å². The van der Waals surface area contributed by atoms with Gasteiger partial charge >= 0.3 is 0 Å². The lowest BCUT2D eigenvalue weighted by atomic mass is 10.1. The van der Waals surface area contributed by atoms with Crippen molar-refractivity contribution >= 4 is 11.8 Å². The summed E-state index contributed by atoms with van der Waals surface area (Å²) in [5.41, 5.74) is 2.95. The van der Waals surface area contributed by atoms with Gasteiger partial charge in [0.05, 0.1) is 18.6 Å². The van der Waals surface area contributed by atoms with Crippen LogP contribution in [0.25, 0.3) is 17.1 Å². The van der Waals surface area contributed by atoms with Crippen molar-refractivity contribution in [3.8, 4) is 22.8 Å². The molecule has 136 valence electrons. The first-order chi connectivity index (χ1) is 13.3. The fraction of sp³-hybridized carbons (Fsp3) is 0.158. The van der Waals surface area contributed by atoms with Crippen LogP contribution in [0.1, 0.15) is 11.5 Å². The fourth-order valence-corrected chi connectivity index (χ4v) is 3.45. The van der Waals surface area contributed by atoms with Gasteiger partial charge in [-0.1, -0.05) is 53.3 Å². The number of ether oxygens (including phenoxy) is 1. The Bertz CT molecular complexity index is 1060. The van der Waals surface area contributed by atoms with Gasteiger partial charge in [0.2, 0.25) is 11.7 Å². The van der Waals surface area contributed by atoms with Crippen molar-refractivity contribution in [2.75, 3.05) is 7.11 Å². The molecule has 7 nitrogen and oxygen atoms in total. The molecule has 4 aromatic rings. The molecule has 0 unspecified atom stereocenters. The zero-order chi connectivity index (χ0) is 18.6. The van der Waals surface area contributed by atoms with E-state index in [1.54, 1.807) is 13.4 Å². The highest BCUT2D eigenvalue weighted by molar-refractivity contribution is 7.98. The molecule has 0 radical (unpaired) electrons. The van der Waals surface area contributed by atoms with E-state index in [0.717, 1.165) is 27.7 Å². The lowest BCUT2D eigenvalue weighted by Gasteiger charge is -2.10. The van der Waals surface area contributed by atoms with Crippen LogP contribution in [0.3, 0.4) is 0 Å². The predicted molar refractivity (Wildman–Crippen MR) is 102 cm³/mol. The Balaban J connectivity index is 1.53. The van der Waals surface area contributed by atoms with Crippen molar-refractivity contribution in [1.82, 2.24) is 24.9 Å². The van der Waals surface area contributed by atoms with Crippen LogP contribution in [-0.4, -0.2) is 32.0 Å². The Morgan fingerprint density at radius 1 is 1.11 bits per heavy atom. The quantitative estimate of drug-likeness (QED) is 0.470. The molecule has 4 rings (SSSR count). The van der Waals surface area contributed by atoms with Gasteiger partial charge in [-0.3, -0.25) is 4.57 Å². The van der Waals surface area contributed by atoms with Crippen LogP contribution < -0.4 is 4.74 Å². The highest BCUT2D eigenvalue weighted by Gasteiger charge is 2.15. The normalized spacial score (nSPS) is 10.9. The first-order valence-corrected chi connectivity index (χ1v) is 9.29. The van der Waals surface area contributed by atoms with Gasteiger partial charge in [0.1, 0.15) is 12.1 Å². The maximum Gasteiger partial charge on any atom is 0.237 e. The van der Waals surface area contributed by atoms with Gasteiger partial charge in [0.15, 0.2) is 5.16 Å². The highest BCUT2D eigenvalue weighted by Crippen LogP contribution is 2.28. The second kappa shape index (κ2) is 7.63. The third kappa shape index (κ3) is 3.56. The van der Waals surface area contributed by atoms with Crippen LogP contribution in [0.4, 0.5) is 0 Å². The van der Waals surface area contributed by atoms with Gasteiger partial charge in [0.25, 0.3) is 0 Å². The lowest BCUT2D eigenvalue weighted by molar-refractivity contribution is 0.391. The van der Waals surface area contributed by atoms with Crippen LogP contribution in [0.5, 0.6) is 5.75 Å². The number of benzene rings is 2. The molecule has 0 amide bonds. The molecule has 8 heteroatoms. The molecule has 0 saturated heterocycles. The third-order valence-electron chi connectivity index (χ3n) is 4.04. The van der Waals surface area contributed by atoms with E-state index >= 15 is 0 Å². The smallest absolute Gasteiger partial charge is 0.237 e. The number of thioether (sulfide) groups is 1. The van der Waals surface area contributed by atoms with E-state index in [4.69, 9.17) is 9.26 Å². The molecular weight excluding hydrogens is 362 g/mol. The van der Waals surface area contributed by atoms with Crippen LogP contribution in [0, 0.1) is 6.92 Å². The molecule has 0 aliphatic rings. The van der Waals surface area contributed by atoms with E-state index in [9.17, 15) is 0 Å². The first kappa shape index (κ1) is 17.3. The fourth-order valence-electron chi connectivity index (χ4n) is 2.69. The van der Waals surface area contributed by atoms with E-state index in [2.05, 4.69) is 20.3 Å². The number of hydrogen-bond donors (Lipinski definition) is 0. The number of methoxy groups -OCH3 is 1. The van der Waals surface area contributed by atoms with Crippen LogP contribution in [0.2, 0.25) is 0 Å². The zero-order valence-corrected chi connectivity index (χ0v) is 15.7. The molecule has 2 aromatic heterocycles. The molecule has 0 bridgehead atoms. The molecule has 0 aliphatic heterocycles. The summed E-state index contributed by atoms with van der Waals surface area (Å²) in [7, 11) is 1.64. The minimum Gasteiger partial charge on any atom is -0.495 e. The standard InChI is InChI=1S/C19H17N5O2S/c1-13-7-3-4-8-14(13)18-21-17(26-23-18)11-27-19-22-20-12-24(19)15-9-5-6-10-16(15)25-2/h3-10,12H,11H2,1-2H3. The monoisotopic (exact) mass is 379 g/mol. The van der Waals surface area contributed by atoms with E-state index in [-0.39, 0.29) is 0 Å². The van der Waals surface area contributed by atoms with Gasteiger partial charge in [-0.05, 0) is 24.6 Å². The van der Waals surface area contributed by atoms with Crippen molar-refractivity contribution in [3.63, 3.8) is 0 Å². The molecule has 2 heterocycles. The summed E-state index contributed by atoms with van der Waals surface area (Å²) < 4.78 is 12.7. The molecular formula is C19H17N5O2S. The number of nitrogens with zero attached hydrogens (tertiary/aromatic N) is 5. The van der Waals surface area contributed by atoms with Gasteiger partial charge in [0, 0.05) is 5.56 Å². The summed E-state index contributed by atoms with van der Waals surface area (Å²) in [6.45, 7) is 2.02. The minimum atomic E-state index is 0.493. The van der Waals surface area contributed by atoms with Gasteiger partial charge in [-0.2, -0.15) is 4.98 Å². The molecule has 0 N–H and O–H groups in total. The number of hydrogen-bond acceptors (Lipinski definition) is 7. The molecule has 2 aromatic carbocycles. The van der Waals surface area contributed by atoms with Gasteiger partial charge in [-0.15, -0.1) is 10.2 Å². The summed E-state index contributed by atoms with van der Waals surface area (Å²) >= 11 is 1.47. The summed E-state index contributed by atoms with van der Waals surface area (Å²) in [4.78, 5) is 4.50. The predicted octanol–water partition coefficient (Wildman–Crippen LogP) is 3.93. The zero-order valence-electron chi connectivity index (χ0n) is 14.9. The average Bonchev–Trinajstić information content (AvgIpc) is 3.36. The van der Waals surface area contributed by atoms with Crippen molar-refractivity contribution < 1.29 is 9.26 Å². The topological polar surface area (TPSA) is 78.9 Å². The molecule has 0 fully saturated rings. The Morgan fingerprint density at radius 3 is 2.78 bits per heavy atom. The van der Waals surface area contributed by atoms with E-state index in [1.807, 2.05) is 60.0 Å². The Kier molecular flexibility index (Phi) is 4.88. The van der Waals surface area contributed by atoms with Crippen LogP contribution >= 0.6 is 11.8 Å². The maximum absolute atomic E-state index is 5.42. The number of rotatable bonds is 6. The minimum absolute atomic E-state index is 0.493. The summed E-state index contributed by atoms with van der Waals surface area (Å²) in [6.07, 6.45) is 1.66. The van der Waals surface area contributed by atoms with Gasteiger partial charge < -0.3 is 9.26 Å². The lowest BCUT2D eigenvalue weighted by Crippen LogP contribution is -1.98. The average molecular weight is 379 g/mol. The molecule has 27 heavy (non-hydrogen) atoms. The van der Waals surface area contributed by atoms with Crippen LogP contribution in [-0.2, 0) is 5.75 Å². The van der Waals surface area contributed by atoms with Crippen LogP contribution in [0.15, 0.2) is 64.5 Å². The van der Waals surface area contributed by atoms with E-state index in [0.29, 0.717) is 17.5 Å². The van der Waals surface area contributed by atoms with Gasteiger partial charge in [-0.25, -0.2) is 0 Å². The summed E-state index contributed by atoms with van der Waals surface area (Å²) in [6, 6.07) is 15.7. The van der Waals surface area contributed by atoms with Crippen molar-refractivity contribution in [1.29, 1.82) is 0 Å². The first-order valence-electron chi connectivity index (χ1n) is 8.31. The maximum atomic E-state index is 5.42. The number of aromatic nitrogens is 5. The SMILES string of the molecule is COc1ccccc1-n1cnnc1SCc1nc(-c2ccccc2C)no1. The molecule has 0 atom stereocenters. The van der Waals surface area contributed by atoms with Crippen molar-refractivity contribution in [2.24, 2.45) is 0 Å². The Hall–Kier alpha value is -3.13. The van der Waals surface area contributed by atoms with E-state index in [1.165, 1.54) is 11.8 Å². The summed E-state index contributed by atoms with van der Waals surface area (Å²) in [5, 5.41) is 13.0. The molecule has 0 saturated carbocycles. The Labute approximate surface area is 160 Å². The Morgan fingerprint density at radius 2 is 1.93 bits per heavy atom. The highest BCUT2D eigenvalue weighted by atomic mass is 32.2. The number of para-hydroxylation sites is 2. The van der Waals surface area contributed by atoms with Crippen molar-refractivity contribution in [2.45, 2.75) is 17.8 Å². The largest absolute Gasteiger partial charge is 0.495 e. The second-order valence-electron chi connectivity index (χ2n) is 5.77. The van der Waals surface area contributed by atoms with Crippen molar-refractivity contribution in [3.05, 3.63) is 66.3 Å². The number of aryl methyl sites for hydroxylation is 1. The molecule has 0 aliphatic carbocycles. The molecule has 0 spiro atoms. The third-order valence-corrected chi connectivity index (χ3v) is 4.97. The summed E-state index contributed by atoms with van der Waals surface area (Å²) in [5.74, 6) is 2.37. The second-order valence-corrected chi connectivity index (χ2v) is 6.71.